The van der Waals surface area contributed by atoms with Gasteiger partial charge in [0.05, 0.1) is 33.8 Å². The van der Waals surface area contributed by atoms with Gasteiger partial charge in [0.15, 0.2) is 0 Å². The molecule has 0 bridgehead atoms. The minimum atomic E-state index is 0.626. The highest BCUT2D eigenvalue weighted by molar-refractivity contribution is 6.39. The number of fused-ring (bicyclic) bond motifs is 6. The summed E-state index contributed by atoms with van der Waals surface area (Å²) >= 11 is 7.51. The summed E-state index contributed by atoms with van der Waals surface area (Å²) in [5.74, 6) is 0. The van der Waals surface area contributed by atoms with Crippen LogP contribution in [0.15, 0.2) is 516 Å². The Morgan fingerprint density at radius 3 is 0.819 bits per heavy atom. The Kier molecular flexibility index (Phi) is 22.0. The molecule has 0 fully saturated rings. The first kappa shape index (κ1) is 85.8. The highest BCUT2D eigenvalue weighted by atomic mass is 35.5. The van der Waals surface area contributed by atoms with E-state index in [9.17, 15) is 0 Å². The summed E-state index contributed by atoms with van der Waals surface area (Å²) in [7, 11) is 0. The molecular formula is C137H87ClN6. The summed E-state index contributed by atoms with van der Waals surface area (Å²) in [5, 5.41) is 9.37. The lowest BCUT2D eigenvalue weighted by Gasteiger charge is -2.20. The third-order valence-corrected chi connectivity index (χ3v) is 29.0. The SMILES string of the molecule is Clc1ccc(-c2ccc3c(c2)c2cccc4c5cc(C6=C(c7cc(-c8ccccc8-c8ccc(-c9ccccn9)cc8-c8ccccc8)cc(-c8ccccc8-c8ccc(-c9ccccn9)cc8-c8ccccc8)c7)CC=C6)ccc5c5ncnc3c5c42)c(-c2cc(-c3ccccc3-c3ccc(-c4ccccn4)cc3-c3ccccc3)cc(-c3ccccc3-c3ccc(-c4ccccn4)cc3-c3ccccc3)c2)c1. The van der Waals surface area contributed by atoms with Gasteiger partial charge in [-0.25, -0.2) is 9.97 Å². The molecule has 0 atom stereocenters. The molecule has 0 saturated heterocycles. The van der Waals surface area contributed by atoms with Gasteiger partial charge >= 0.3 is 0 Å². The van der Waals surface area contributed by atoms with E-state index in [4.69, 9.17) is 41.5 Å². The Hall–Kier alpha value is -18.6. The maximum absolute atomic E-state index is 7.51. The van der Waals surface area contributed by atoms with Gasteiger partial charge in [-0.1, -0.05) is 363 Å². The second-order valence-electron chi connectivity index (χ2n) is 37.0. The van der Waals surface area contributed by atoms with E-state index in [0.717, 1.165) is 272 Å². The van der Waals surface area contributed by atoms with Crippen molar-refractivity contribution in [2.24, 2.45) is 0 Å². The predicted octanol–water partition coefficient (Wildman–Crippen LogP) is 36.8. The van der Waals surface area contributed by atoms with Crippen molar-refractivity contribution in [2.75, 3.05) is 0 Å². The van der Waals surface area contributed by atoms with Gasteiger partial charge in [0.1, 0.15) is 6.33 Å². The molecule has 0 saturated carbocycles. The Labute approximate surface area is 840 Å². The lowest BCUT2D eigenvalue weighted by molar-refractivity contribution is 1.27. The highest BCUT2D eigenvalue weighted by Gasteiger charge is 2.28. The van der Waals surface area contributed by atoms with Crippen molar-refractivity contribution < 1.29 is 0 Å². The summed E-state index contributed by atoms with van der Waals surface area (Å²) in [5.41, 5.74) is 44.9. The molecule has 25 aromatic rings. The molecule has 0 N–H and O–H groups in total. The maximum Gasteiger partial charge on any atom is 0.116 e. The van der Waals surface area contributed by atoms with Crippen LogP contribution in [-0.4, -0.2) is 29.9 Å². The van der Waals surface area contributed by atoms with Crippen LogP contribution in [0.25, 0.3) is 266 Å². The van der Waals surface area contributed by atoms with Crippen LogP contribution in [0.5, 0.6) is 0 Å². The van der Waals surface area contributed by atoms with E-state index in [0.29, 0.717) is 5.02 Å². The number of halogens is 1. The summed E-state index contributed by atoms with van der Waals surface area (Å²) in [6.45, 7) is 0. The van der Waals surface area contributed by atoms with Crippen molar-refractivity contribution >= 4 is 76.9 Å². The van der Waals surface area contributed by atoms with Crippen LogP contribution in [0, 0.1) is 0 Å². The fraction of sp³-hybridized carbons (Fsp3) is 0.00730. The summed E-state index contributed by atoms with van der Waals surface area (Å²) in [6, 6.07) is 172. The van der Waals surface area contributed by atoms with E-state index >= 15 is 0 Å². The van der Waals surface area contributed by atoms with Crippen LogP contribution in [0.4, 0.5) is 0 Å². The van der Waals surface area contributed by atoms with Crippen molar-refractivity contribution in [1.82, 2.24) is 29.9 Å². The van der Waals surface area contributed by atoms with E-state index in [1.54, 1.807) is 6.33 Å². The quantitative estimate of drug-likeness (QED) is 0.0559. The number of hydrogen-bond donors (Lipinski definition) is 0. The Balaban J connectivity index is 0.639. The monoisotopic (exact) mass is 1850 g/mol. The van der Waals surface area contributed by atoms with Crippen LogP contribution in [-0.2, 0) is 0 Å². The van der Waals surface area contributed by atoms with Gasteiger partial charge in [-0.3, -0.25) is 19.9 Å². The van der Waals surface area contributed by atoms with Crippen LogP contribution in [0.1, 0.15) is 17.5 Å². The summed E-state index contributed by atoms with van der Waals surface area (Å²) < 4.78 is 0. The molecule has 672 valence electrons. The summed E-state index contributed by atoms with van der Waals surface area (Å²) in [6.07, 6.45) is 14.7. The number of aromatic nitrogens is 6. The third-order valence-electron chi connectivity index (χ3n) is 28.7. The largest absolute Gasteiger partial charge is 0.256 e. The van der Waals surface area contributed by atoms with Gasteiger partial charge in [-0.05, 0) is 339 Å². The molecule has 0 spiro atoms. The summed E-state index contributed by atoms with van der Waals surface area (Å²) in [4.78, 5) is 30.0. The van der Waals surface area contributed by atoms with Gasteiger partial charge in [0, 0.05) is 73.6 Å². The molecule has 26 rings (SSSR count). The minimum Gasteiger partial charge on any atom is -0.256 e. The van der Waals surface area contributed by atoms with Gasteiger partial charge < -0.3 is 0 Å². The first-order valence-electron chi connectivity index (χ1n) is 48.9. The molecule has 20 aromatic carbocycles. The first-order valence-corrected chi connectivity index (χ1v) is 49.3. The average Bonchev–Trinajstić information content (AvgIpc) is 0.972. The van der Waals surface area contributed by atoms with Gasteiger partial charge in [-0.2, -0.15) is 0 Å². The molecule has 0 aliphatic heterocycles. The number of pyridine rings is 4. The van der Waals surface area contributed by atoms with Gasteiger partial charge in [0.2, 0.25) is 0 Å². The molecule has 1 aliphatic carbocycles. The van der Waals surface area contributed by atoms with E-state index in [2.05, 4.69) is 455 Å². The minimum absolute atomic E-state index is 0.626. The Bertz CT molecular complexity index is 9000. The molecule has 144 heavy (non-hydrogen) atoms. The number of hydrogen-bond acceptors (Lipinski definition) is 6. The number of rotatable bonds is 20. The maximum atomic E-state index is 7.51. The Morgan fingerprint density at radius 2 is 0.458 bits per heavy atom. The zero-order chi connectivity index (χ0) is 95.5. The lowest BCUT2D eigenvalue weighted by Crippen LogP contribution is -1.96. The fourth-order valence-electron chi connectivity index (χ4n) is 22.0. The normalized spacial score (nSPS) is 12.0. The van der Waals surface area contributed by atoms with E-state index in [1.165, 1.54) is 11.1 Å². The smallest absolute Gasteiger partial charge is 0.116 e. The molecule has 1 aliphatic rings. The second-order valence-corrected chi connectivity index (χ2v) is 37.5. The molecular weight excluding hydrogens is 1770 g/mol. The lowest BCUT2D eigenvalue weighted by atomic mass is 9.83. The molecule has 6 nitrogen and oxygen atoms in total. The van der Waals surface area contributed by atoms with Crippen LogP contribution >= 0.6 is 11.6 Å². The van der Waals surface area contributed by atoms with E-state index in [1.807, 2.05) is 55.1 Å². The number of benzene rings is 20. The van der Waals surface area contributed by atoms with Crippen LogP contribution in [0.3, 0.4) is 0 Å². The van der Waals surface area contributed by atoms with Crippen LogP contribution in [0.2, 0.25) is 5.02 Å². The third kappa shape index (κ3) is 15.8. The zero-order valence-electron chi connectivity index (χ0n) is 78.3. The topological polar surface area (TPSA) is 77.3 Å². The van der Waals surface area contributed by atoms with Gasteiger partial charge in [0.25, 0.3) is 0 Å². The molecule has 0 radical (unpaired) electrons. The van der Waals surface area contributed by atoms with Gasteiger partial charge in [-0.15, -0.1) is 0 Å². The van der Waals surface area contributed by atoms with Crippen molar-refractivity contribution in [3.8, 4) is 201 Å². The number of allylic oxidation sites excluding steroid dienone is 4. The van der Waals surface area contributed by atoms with Crippen molar-refractivity contribution in [2.45, 2.75) is 6.42 Å². The van der Waals surface area contributed by atoms with Crippen LogP contribution < -0.4 is 0 Å². The standard InChI is InChI=1S/C137H87ClN6/c138-103-61-68-110(127(85-103)102-77-100(108-41-15-19-45-113(108)117-64-59-95(132-53-23-27-71-141-132)83-125(117)89-35-9-3-10-36-89)76-101(78-102)109-42-16-20-46-114(109)118-65-60-96(133-54-24-28-72-142-133)84-126(118)90-37-11-4-12-38-90)92-56-67-122-129(80-92)120-50-30-49-119-128-79-91(55-66-121(128)136-135(134(119)120)137(122)144-86-143-136)104-47-29-48-105(104)97-73-98(106-39-13-17-43-111(106)115-62-57-93(130-51-21-25-69-139-130)81-123(115)87-31-5-1-6-32-87)75-99(74-97)107-40-14-18-44-112(107)116-63-58-94(131-52-22-26-70-140-131)82-124(116)88-33-7-2-8-34-88/h1-47,49-86H,48H2. The zero-order valence-corrected chi connectivity index (χ0v) is 79.1. The van der Waals surface area contributed by atoms with Crippen molar-refractivity contribution in [1.29, 1.82) is 0 Å². The second kappa shape index (κ2) is 37.0. The fourth-order valence-corrected chi connectivity index (χ4v) is 22.2. The van der Waals surface area contributed by atoms with E-state index in [-0.39, 0.29) is 0 Å². The Morgan fingerprint density at radius 1 is 0.167 bits per heavy atom. The molecule has 0 amide bonds. The molecule has 0 unspecified atom stereocenters. The van der Waals surface area contributed by atoms with Crippen molar-refractivity contribution in [3.05, 3.63) is 533 Å². The molecule has 5 aromatic heterocycles. The molecule has 5 heterocycles. The molecule has 7 heteroatoms. The van der Waals surface area contributed by atoms with E-state index < -0.39 is 0 Å². The highest BCUT2D eigenvalue weighted by Crippen LogP contribution is 2.53. The van der Waals surface area contributed by atoms with Crippen molar-refractivity contribution in [3.63, 3.8) is 0 Å². The number of nitrogens with zero attached hydrogens (tertiary/aromatic N) is 6. The average molecular weight is 1850 g/mol. The first-order chi connectivity index (χ1) is 71.3. The predicted molar refractivity (Wildman–Crippen MR) is 602 cm³/mol.